The van der Waals surface area contributed by atoms with Crippen LogP contribution in [0.25, 0.3) is 0 Å². The van der Waals surface area contributed by atoms with E-state index in [0.717, 1.165) is 28.3 Å². The predicted octanol–water partition coefficient (Wildman–Crippen LogP) is 1.73. The van der Waals surface area contributed by atoms with Gasteiger partial charge in [-0.2, -0.15) is 18.3 Å². The summed E-state index contributed by atoms with van der Waals surface area (Å²) in [4.78, 5) is 49.1. The summed E-state index contributed by atoms with van der Waals surface area (Å²) in [6, 6.07) is -2.33. The number of β-lactam (4-membered cyclic amide) rings is 1. The average Bonchev–Trinajstić information content (AvgIpc) is 3.03. The molecule has 1 aromatic rings. The molecule has 1 saturated heterocycles. The van der Waals surface area contributed by atoms with E-state index in [1.165, 1.54) is 13.8 Å². The minimum Gasteiger partial charge on any atom is -0.477 e. The van der Waals surface area contributed by atoms with E-state index >= 15 is 0 Å². The Morgan fingerprint density at radius 2 is 2.03 bits per heavy atom. The topological polar surface area (TPSA) is 131 Å². The second-order valence-electron chi connectivity index (χ2n) is 7.30. The number of fused-ring (bicyclic) bond motifs is 1. The highest BCUT2D eigenvalue weighted by Crippen LogP contribution is 2.41. The Morgan fingerprint density at radius 1 is 1.39 bits per heavy atom. The van der Waals surface area contributed by atoms with Crippen molar-refractivity contribution < 1.29 is 42.2 Å². The molecule has 1 fully saturated rings. The maximum Gasteiger partial charge on any atom is 0.436 e. The summed E-state index contributed by atoms with van der Waals surface area (Å²) >= 11 is 6.87. The van der Waals surface area contributed by atoms with Crippen LogP contribution >= 0.6 is 23.4 Å². The molecule has 3 rings (SSSR count). The number of carbonyl (C=O) groups is 4. The minimum atomic E-state index is -4.81. The number of carbonyl (C=O) groups excluding carboxylic acids is 3. The summed E-state index contributed by atoms with van der Waals surface area (Å²) < 4.78 is 44.8. The maximum atomic E-state index is 13.1. The van der Waals surface area contributed by atoms with Gasteiger partial charge in [-0.1, -0.05) is 11.6 Å². The van der Waals surface area contributed by atoms with E-state index in [4.69, 9.17) is 16.3 Å². The van der Waals surface area contributed by atoms with Gasteiger partial charge in [0.05, 0.1) is 10.7 Å². The van der Waals surface area contributed by atoms with Crippen LogP contribution in [0.2, 0.25) is 5.02 Å². The van der Waals surface area contributed by atoms with Gasteiger partial charge in [-0.25, -0.2) is 4.79 Å². The lowest BCUT2D eigenvalue weighted by molar-refractivity contribution is -0.151. The van der Waals surface area contributed by atoms with Gasteiger partial charge in [-0.05, 0) is 13.8 Å². The molecule has 180 valence electrons. The van der Waals surface area contributed by atoms with Gasteiger partial charge in [0.15, 0.2) is 5.69 Å². The third-order valence-electron chi connectivity index (χ3n) is 5.09. The zero-order valence-electron chi connectivity index (χ0n) is 17.4. The largest absolute Gasteiger partial charge is 0.477 e. The number of thioether (sulfide) groups is 1. The van der Waals surface area contributed by atoms with Crippen LogP contribution in [-0.4, -0.2) is 67.3 Å². The first kappa shape index (κ1) is 24.9. The molecule has 0 unspecified atom stereocenters. The van der Waals surface area contributed by atoms with Gasteiger partial charge in [-0.15, -0.1) is 11.8 Å². The Hall–Kier alpha value is -2.74. The lowest BCUT2D eigenvalue weighted by atomic mass is 10.0. The van der Waals surface area contributed by atoms with E-state index in [-0.39, 0.29) is 29.3 Å². The number of hydrogen-bond donors (Lipinski definition) is 2. The first-order chi connectivity index (χ1) is 15.3. The highest BCUT2D eigenvalue weighted by atomic mass is 35.5. The third-order valence-corrected chi connectivity index (χ3v) is 6.88. The van der Waals surface area contributed by atoms with Crippen LogP contribution < -0.4 is 5.32 Å². The smallest absolute Gasteiger partial charge is 0.436 e. The first-order valence-electron chi connectivity index (χ1n) is 9.41. The first-order valence-corrected chi connectivity index (χ1v) is 10.8. The number of hydrogen-bond acceptors (Lipinski definition) is 7. The van der Waals surface area contributed by atoms with Crippen LogP contribution in [0, 0.1) is 6.92 Å². The zero-order valence-corrected chi connectivity index (χ0v) is 19.0. The predicted molar refractivity (Wildman–Crippen MR) is 108 cm³/mol. The molecular formula is C18H18ClF3N4O6S. The standard InChI is InChI=1S/C18H18ClF3N4O6S/c1-6-10(19)13(18(20,21)22)24-26(6)7(2)14(28)23-11-15(29)25-12(17(30)31)9(4-32-8(3)27)5-33-16(11)25/h7,11,16H,4-5H2,1-3H3,(H,23,28)(H,30,31)/t7-,11-,16+/m0/s1. The fourth-order valence-electron chi connectivity index (χ4n) is 3.42. The number of alkyl halides is 3. The SMILES string of the molecule is CC(=O)OCC1=C(C(=O)O)N2C(=O)[C@H](NC(=O)[C@H](C)n3nc(C(F)(F)F)c(Cl)c3C)[C@H]2SC1. The van der Waals surface area contributed by atoms with E-state index in [1.54, 1.807) is 0 Å². The van der Waals surface area contributed by atoms with E-state index in [0.29, 0.717) is 0 Å². The van der Waals surface area contributed by atoms with Crippen LogP contribution in [0.3, 0.4) is 0 Å². The van der Waals surface area contributed by atoms with Crippen molar-refractivity contribution in [2.75, 3.05) is 12.4 Å². The van der Waals surface area contributed by atoms with Crippen molar-refractivity contribution in [3.05, 3.63) is 27.7 Å². The van der Waals surface area contributed by atoms with Crippen molar-refractivity contribution >= 4 is 47.1 Å². The minimum absolute atomic E-state index is 0.0774. The van der Waals surface area contributed by atoms with E-state index < -0.39 is 58.1 Å². The number of esters is 1. The van der Waals surface area contributed by atoms with Gasteiger partial charge in [0.1, 0.15) is 29.8 Å². The summed E-state index contributed by atoms with van der Waals surface area (Å²) in [6.07, 6.45) is -4.81. The van der Waals surface area contributed by atoms with Crippen LogP contribution in [0.15, 0.2) is 11.3 Å². The monoisotopic (exact) mass is 510 g/mol. The highest BCUT2D eigenvalue weighted by Gasteiger charge is 2.54. The summed E-state index contributed by atoms with van der Waals surface area (Å²) in [5.41, 5.74) is -1.50. The van der Waals surface area contributed by atoms with Gasteiger partial charge in [-0.3, -0.25) is 24.0 Å². The van der Waals surface area contributed by atoms with Crippen molar-refractivity contribution in [3.8, 4) is 0 Å². The van der Waals surface area contributed by atoms with E-state index in [1.807, 2.05) is 0 Å². The van der Waals surface area contributed by atoms with Gasteiger partial charge in [0.2, 0.25) is 5.91 Å². The number of halogens is 4. The molecule has 33 heavy (non-hydrogen) atoms. The lowest BCUT2D eigenvalue weighted by Gasteiger charge is -2.49. The number of aromatic nitrogens is 2. The van der Waals surface area contributed by atoms with Crippen LogP contribution in [0.4, 0.5) is 13.2 Å². The van der Waals surface area contributed by atoms with Crippen LogP contribution in [-0.2, 0) is 30.1 Å². The van der Waals surface area contributed by atoms with Gasteiger partial charge in [0.25, 0.3) is 5.91 Å². The van der Waals surface area contributed by atoms with Crippen molar-refractivity contribution in [3.63, 3.8) is 0 Å². The average molecular weight is 511 g/mol. The fourth-order valence-corrected chi connectivity index (χ4v) is 4.98. The molecular weight excluding hydrogens is 493 g/mol. The Bertz CT molecular complexity index is 1070. The molecule has 2 N–H and O–H groups in total. The Kier molecular flexibility index (Phi) is 6.71. The molecule has 3 atom stereocenters. The van der Waals surface area contributed by atoms with Crippen molar-refractivity contribution in [1.29, 1.82) is 0 Å². The molecule has 0 radical (unpaired) electrons. The van der Waals surface area contributed by atoms with Gasteiger partial charge < -0.3 is 15.2 Å². The number of carboxylic acids is 1. The summed E-state index contributed by atoms with van der Waals surface area (Å²) in [6.45, 7) is 3.43. The summed E-state index contributed by atoms with van der Waals surface area (Å²) in [5.74, 6) is -3.38. The molecule has 10 nitrogen and oxygen atoms in total. The number of ether oxygens (including phenoxy) is 1. The molecule has 2 amide bonds. The molecule has 0 saturated carbocycles. The molecule has 2 aliphatic heterocycles. The quantitative estimate of drug-likeness (QED) is 0.437. The fraction of sp³-hybridized carbons (Fsp3) is 0.500. The van der Waals surface area contributed by atoms with Crippen molar-refractivity contribution in [2.45, 2.75) is 44.4 Å². The second kappa shape index (κ2) is 8.89. The maximum absolute atomic E-state index is 13.1. The highest BCUT2D eigenvalue weighted by molar-refractivity contribution is 8.00. The number of nitrogens with one attached hydrogen (secondary N) is 1. The lowest BCUT2D eigenvalue weighted by Crippen LogP contribution is -2.71. The summed E-state index contributed by atoms with van der Waals surface area (Å²) in [7, 11) is 0. The van der Waals surface area contributed by atoms with E-state index in [9.17, 15) is 37.5 Å². The number of rotatable bonds is 6. The number of amides is 2. The number of nitrogens with zero attached hydrogens (tertiary/aromatic N) is 3. The van der Waals surface area contributed by atoms with Gasteiger partial charge in [0, 0.05) is 18.2 Å². The molecule has 3 heterocycles. The van der Waals surface area contributed by atoms with E-state index in [2.05, 4.69) is 10.4 Å². The Balaban J connectivity index is 1.76. The molecule has 15 heteroatoms. The molecule has 0 aliphatic carbocycles. The molecule has 0 spiro atoms. The van der Waals surface area contributed by atoms with Crippen LogP contribution in [0.5, 0.6) is 0 Å². The van der Waals surface area contributed by atoms with Gasteiger partial charge >= 0.3 is 18.1 Å². The van der Waals surface area contributed by atoms with Crippen LogP contribution in [0.1, 0.15) is 31.3 Å². The number of aliphatic carboxylic acids is 1. The Morgan fingerprint density at radius 3 is 2.55 bits per heavy atom. The zero-order chi connectivity index (χ0) is 24.8. The molecule has 1 aromatic heterocycles. The number of carboxylic acid groups (broad SMARTS) is 1. The summed E-state index contributed by atoms with van der Waals surface area (Å²) in [5, 5.41) is 14.0. The molecule has 0 bridgehead atoms. The van der Waals surface area contributed by atoms with Crippen molar-refractivity contribution in [1.82, 2.24) is 20.0 Å². The molecule has 2 aliphatic rings. The Labute approximate surface area is 194 Å². The van der Waals surface area contributed by atoms with Crippen molar-refractivity contribution in [2.24, 2.45) is 0 Å². The normalized spacial score (nSPS) is 21.3. The molecule has 0 aromatic carbocycles. The second-order valence-corrected chi connectivity index (χ2v) is 8.78. The third kappa shape index (κ3) is 4.53.